The molecule has 0 aliphatic carbocycles. The Kier molecular flexibility index (Phi) is 5.96. The molecule has 2 aromatic carbocycles. The van der Waals surface area contributed by atoms with Crippen LogP contribution in [0.5, 0.6) is 11.5 Å². The molecule has 0 aromatic heterocycles. The highest BCUT2D eigenvalue weighted by Gasteiger charge is 2.23. The molecule has 0 bridgehead atoms. The van der Waals surface area contributed by atoms with Crippen molar-refractivity contribution in [2.75, 3.05) is 45.3 Å². The van der Waals surface area contributed by atoms with Crippen LogP contribution in [0, 0.1) is 0 Å². The van der Waals surface area contributed by atoms with Gasteiger partial charge in [0.25, 0.3) is 5.91 Å². The van der Waals surface area contributed by atoms with Gasteiger partial charge in [-0.3, -0.25) is 9.69 Å². The second kappa shape index (κ2) is 8.81. The molecular weight excluding hydrogens is 410 g/mol. The van der Waals surface area contributed by atoms with Gasteiger partial charge in [-0.15, -0.1) is 0 Å². The number of benzene rings is 2. The van der Waals surface area contributed by atoms with Crippen LogP contribution in [0.3, 0.4) is 0 Å². The highest BCUT2D eigenvalue weighted by atomic mass is 35.5. The first-order chi connectivity index (χ1) is 14.5. The van der Waals surface area contributed by atoms with Gasteiger partial charge in [0, 0.05) is 32.7 Å². The molecule has 2 heterocycles. The monoisotopic (exact) mass is 431 g/mol. The van der Waals surface area contributed by atoms with Gasteiger partial charge < -0.3 is 24.8 Å². The van der Waals surface area contributed by atoms with Crippen molar-refractivity contribution in [3.05, 3.63) is 52.5 Å². The van der Waals surface area contributed by atoms with E-state index in [0.717, 1.165) is 36.7 Å². The van der Waals surface area contributed by atoms with Crippen LogP contribution in [0.15, 0.2) is 36.4 Å². The lowest BCUT2D eigenvalue weighted by Gasteiger charge is -2.34. The van der Waals surface area contributed by atoms with Gasteiger partial charge >= 0.3 is 5.97 Å². The number of halogens is 1. The van der Waals surface area contributed by atoms with Crippen molar-refractivity contribution in [2.45, 2.75) is 6.54 Å². The van der Waals surface area contributed by atoms with Crippen LogP contribution in [-0.4, -0.2) is 61.3 Å². The summed E-state index contributed by atoms with van der Waals surface area (Å²) in [5.74, 6) is 0.719. The first-order valence-electron chi connectivity index (χ1n) is 9.60. The fourth-order valence-corrected chi connectivity index (χ4v) is 3.54. The number of piperazine rings is 1. The number of nitrogens with zero attached hydrogens (tertiary/aromatic N) is 2. The zero-order chi connectivity index (χ0) is 21.1. The van der Waals surface area contributed by atoms with E-state index in [2.05, 4.69) is 4.90 Å². The summed E-state index contributed by atoms with van der Waals surface area (Å²) in [6.45, 7) is 3.36. The van der Waals surface area contributed by atoms with Crippen LogP contribution in [0.25, 0.3) is 0 Å². The molecule has 1 saturated heterocycles. The van der Waals surface area contributed by atoms with Crippen molar-refractivity contribution in [2.24, 2.45) is 0 Å². The molecular formula is C21H22ClN3O5. The van der Waals surface area contributed by atoms with Crippen molar-refractivity contribution in [1.29, 1.82) is 0 Å². The van der Waals surface area contributed by atoms with Crippen LogP contribution in [-0.2, 0) is 16.1 Å². The number of hydrogen-bond acceptors (Lipinski definition) is 7. The maximum Gasteiger partial charge on any atom is 0.338 e. The number of hydrogen-bond donors (Lipinski definition) is 1. The molecule has 8 nitrogen and oxygen atoms in total. The van der Waals surface area contributed by atoms with Crippen LogP contribution in [0.2, 0.25) is 5.02 Å². The van der Waals surface area contributed by atoms with E-state index in [-0.39, 0.29) is 30.6 Å². The lowest BCUT2D eigenvalue weighted by molar-refractivity contribution is -0.136. The highest BCUT2D eigenvalue weighted by molar-refractivity contribution is 6.33. The number of carbonyl (C=O) groups is 2. The molecule has 0 spiro atoms. The molecule has 4 rings (SSSR count). The Morgan fingerprint density at radius 3 is 2.57 bits per heavy atom. The Balaban J connectivity index is 1.23. The average molecular weight is 432 g/mol. The van der Waals surface area contributed by atoms with Crippen molar-refractivity contribution in [3.8, 4) is 11.5 Å². The summed E-state index contributed by atoms with van der Waals surface area (Å²) in [6.07, 6.45) is 0. The molecule has 2 aliphatic rings. The normalized spacial score (nSPS) is 15.8. The zero-order valence-electron chi connectivity index (χ0n) is 16.3. The Morgan fingerprint density at radius 2 is 1.80 bits per heavy atom. The van der Waals surface area contributed by atoms with Crippen molar-refractivity contribution >= 4 is 29.2 Å². The fraction of sp³-hybridized carbons (Fsp3) is 0.333. The summed E-state index contributed by atoms with van der Waals surface area (Å²) in [5.41, 5.74) is 7.38. The molecule has 1 fully saturated rings. The van der Waals surface area contributed by atoms with Gasteiger partial charge in [-0.1, -0.05) is 17.7 Å². The first kappa shape index (κ1) is 20.3. The number of nitrogens with two attached hydrogens (primary N) is 1. The molecule has 0 atom stereocenters. The molecule has 2 N–H and O–H groups in total. The van der Waals surface area contributed by atoms with Gasteiger partial charge in [-0.25, -0.2) is 4.79 Å². The van der Waals surface area contributed by atoms with Gasteiger partial charge in [-0.2, -0.15) is 0 Å². The first-order valence-corrected chi connectivity index (χ1v) is 9.98. The number of rotatable bonds is 5. The molecule has 0 saturated carbocycles. The van der Waals surface area contributed by atoms with Crippen molar-refractivity contribution < 1.29 is 23.8 Å². The maximum atomic E-state index is 12.4. The van der Waals surface area contributed by atoms with Gasteiger partial charge in [0.1, 0.15) is 0 Å². The van der Waals surface area contributed by atoms with Crippen LogP contribution < -0.4 is 15.2 Å². The van der Waals surface area contributed by atoms with Crippen LogP contribution in [0.4, 0.5) is 5.69 Å². The summed E-state index contributed by atoms with van der Waals surface area (Å²) in [4.78, 5) is 28.5. The van der Waals surface area contributed by atoms with E-state index in [1.165, 1.54) is 18.2 Å². The Bertz CT molecular complexity index is 960. The second-order valence-electron chi connectivity index (χ2n) is 7.16. The lowest BCUT2D eigenvalue weighted by Crippen LogP contribution is -2.49. The standard InChI is InChI=1S/C21H22ClN3O5/c22-16-3-2-15(10-17(16)23)21(27)28-12-20(26)25-7-5-24(6-8-25)11-14-1-4-18-19(9-14)30-13-29-18/h1-4,9-10H,5-8,11-13,23H2. The van der Waals surface area contributed by atoms with E-state index in [1.54, 1.807) is 4.90 Å². The van der Waals surface area contributed by atoms with Crippen molar-refractivity contribution in [1.82, 2.24) is 9.80 Å². The molecule has 0 unspecified atom stereocenters. The smallest absolute Gasteiger partial charge is 0.338 e. The summed E-state index contributed by atoms with van der Waals surface area (Å²) in [5, 5.41) is 0.362. The largest absolute Gasteiger partial charge is 0.454 e. The fourth-order valence-electron chi connectivity index (χ4n) is 3.43. The van der Waals surface area contributed by atoms with Crippen molar-refractivity contribution in [3.63, 3.8) is 0 Å². The number of fused-ring (bicyclic) bond motifs is 1. The van der Waals surface area contributed by atoms with Gasteiger partial charge in [-0.05, 0) is 35.9 Å². The Hall–Kier alpha value is -2.97. The predicted molar refractivity (Wildman–Crippen MR) is 111 cm³/mol. The van der Waals surface area contributed by atoms with Gasteiger partial charge in [0.15, 0.2) is 18.1 Å². The SMILES string of the molecule is Nc1cc(C(=O)OCC(=O)N2CCN(Cc3ccc4c(c3)OCO4)CC2)ccc1Cl. The van der Waals surface area contributed by atoms with Gasteiger partial charge in [0.05, 0.1) is 16.3 Å². The summed E-state index contributed by atoms with van der Waals surface area (Å²) in [6, 6.07) is 10.4. The van der Waals surface area contributed by atoms with E-state index in [4.69, 9.17) is 31.5 Å². The topological polar surface area (TPSA) is 94.3 Å². The second-order valence-corrected chi connectivity index (χ2v) is 7.56. The number of esters is 1. The molecule has 30 heavy (non-hydrogen) atoms. The molecule has 2 aliphatic heterocycles. The minimum absolute atomic E-state index is 0.215. The third-order valence-electron chi connectivity index (χ3n) is 5.13. The third kappa shape index (κ3) is 4.60. The van der Waals surface area contributed by atoms with E-state index in [0.29, 0.717) is 18.1 Å². The average Bonchev–Trinajstić information content (AvgIpc) is 3.22. The quantitative estimate of drug-likeness (QED) is 0.572. The van der Waals surface area contributed by atoms with E-state index in [9.17, 15) is 9.59 Å². The zero-order valence-corrected chi connectivity index (χ0v) is 17.1. The minimum atomic E-state index is -0.604. The van der Waals surface area contributed by atoms with Gasteiger partial charge in [0.2, 0.25) is 6.79 Å². The number of carbonyl (C=O) groups excluding carboxylic acids is 2. The lowest BCUT2D eigenvalue weighted by atomic mass is 10.1. The molecule has 1 amide bonds. The molecule has 2 aromatic rings. The number of nitrogen functional groups attached to an aromatic ring is 1. The Labute approximate surface area is 179 Å². The highest BCUT2D eigenvalue weighted by Crippen LogP contribution is 2.32. The summed E-state index contributed by atoms with van der Waals surface area (Å²) in [7, 11) is 0. The van der Waals surface area contributed by atoms with Crippen LogP contribution >= 0.6 is 11.6 Å². The number of anilines is 1. The molecule has 9 heteroatoms. The summed E-state index contributed by atoms with van der Waals surface area (Å²) >= 11 is 5.85. The number of amides is 1. The third-order valence-corrected chi connectivity index (χ3v) is 5.47. The van der Waals surface area contributed by atoms with E-state index >= 15 is 0 Å². The van der Waals surface area contributed by atoms with E-state index in [1.807, 2.05) is 18.2 Å². The minimum Gasteiger partial charge on any atom is -0.454 e. The summed E-state index contributed by atoms with van der Waals surface area (Å²) < 4.78 is 15.9. The predicted octanol–water partition coefficient (Wildman–Crippen LogP) is 2.15. The van der Waals surface area contributed by atoms with E-state index < -0.39 is 5.97 Å². The molecule has 0 radical (unpaired) electrons. The Morgan fingerprint density at radius 1 is 1.03 bits per heavy atom. The van der Waals surface area contributed by atoms with Crippen LogP contribution in [0.1, 0.15) is 15.9 Å². The molecule has 158 valence electrons. The number of ether oxygens (including phenoxy) is 3. The maximum absolute atomic E-state index is 12.4.